The van der Waals surface area contributed by atoms with Crippen molar-refractivity contribution in [3.63, 3.8) is 0 Å². The minimum absolute atomic E-state index is 1.10. The molecule has 0 aliphatic heterocycles. The van der Waals surface area contributed by atoms with E-state index in [0.717, 1.165) is 34.1 Å². The van der Waals surface area contributed by atoms with Gasteiger partial charge in [0.1, 0.15) is 0 Å². The standard InChI is InChI=1S/C54H40N2/c1-5-15-41(16-6-1)47-19-13-25-53(39-47)56(54-26-14-20-48(40-54)42-17-7-2-8-18-42)52-37-33-46(34-38-52)44-29-27-43(28-30-44)45-31-35-51(36-32-45)55(49-21-9-3-10-22-49)50-23-11-4-12-24-50/h1-40H. The Morgan fingerprint density at radius 3 is 0.750 bits per heavy atom. The van der Waals surface area contributed by atoms with Crippen molar-refractivity contribution in [1.29, 1.82) is 0 Å². The first-order valence-corrected chi connectivity index (χ1v) is 19.1. The van der Waals surface area contributed by atoms with Crippen LogP contribution in [0.1, 0.15) is 0 Å². The molecule has 266 valence electrons. The van der Waals surface area contributed by atoms with Crippen molar-refractivity contribution >= 4 is 34.1 Å². The fourth-order valence-electron chi connectivity index (χ4n) is 7.42. The summed E-state index contributed by atoms with van der Waals surface area (Å²) in [5.41, 5.74) is 16.2. The van der Waals surface area contributed by atoms with Gasteiger partial charge in [0.05, 0.1) is 0 Å². The molecule has 0 unspecified atom stereocenters. The molecule has 56 heavy (non-hydrogen) atoms. The largest absolute Gasteiger partial charge is 0.311 e. The van der Waals surface area contributed by atoms with Gasteiger partial charge in [0, 0.05) is 34.1 Å². The Labute approximate surface area is 329 Å². The van der Waals surface area contributed by atoms with Crippen molar-refractivity contribution in [3.8, 4) is 44.5 Å². The Bertz CT molecular complexity index is 2520. The summed E-state index contributed by atoms with van der Waals surface area (Å²) in [4.78, 5) is 4.64. The van der Waals surface area contributed by atoms with Crippen LogP contribution in [0.25, 0.3) is 44.5 Å². The highest BCUT2D eigenvalue weighted by atomic mass is 15.1. The van der Waals surface area contributed by atoms with Crippen molar-refractivity contribution in [2.24, 2.45) is 0 Å². The highest BCUT2D eigenvalue weighted by Gasteiger charge is 2.16. The van der Waals surface area contributed by atoms with E-state index in [4.69, 9.17) is 0 Å². The van der Waals surface area contributed by atoms with Crippen molar-refractivity contribution in [2.75, 3.05) is 9.80 Å². The maximum absolute atomic E-state index is 2.35. The molecule has 0 aliphatic carbocycles. The third-order valence-corrected chi connectivity index (χ3v) is 10.3. The Kier molecular flexibility index (Phi) is 9.75. The molecule has 9 rings (SSSR count). The molecule has 0 atom stereocenters. The Morgan fingerprint density at radius 2 is 0.393 bits per heavy atom. The molecule has 0 radical (unpaired) electrons. The number of anilines is 6. The summed E-state index contributed by atoms with van der Waals surface area (Å²) in [7, 11) is 0. The molecule has 0 aliphatic rings. The van der Waals surface area contributed by atoms with E-state index in [1.54, 1.807) is 0 Å². The van der Waals surface area contributed by atoms with Gasteiger partial charge in [-0.05, 0) is 117 Å². The SMILES string of the molecule is c1ccc(-c2cccc(N(c3ccc(-c4ccc(-c5ccc(N(c6ccccc6)c6ccccc6)cc5)cc4)cc3)c3cccc(-c4ccccc4)c3)c2)cc1. The quantitative estimate of drug-likeness (QED) is 0.139. The van der Waals surface area contributed by atoms with Crippen LogP contribution in [-0.2, 0) is 0 Å². The zero-order chi connectivity index (χ0) is 37.5. The van der Waals surface area contributed by atoms with Crippen LogP contribution in [0.15, 0.2) is 243 Å². The van der Waals surface area contributed by atoms with Crippen LogP contribution in [0, 0.1) is 0 Å². The molecule has 0 amide bonds. The number of hydrogen-bond acceptors (Lipinski definition) is 2. The predicted molar refractivity (Wildman–Crippen MR) is 238 cm³/mol. The van der Waals surface area contributed by atoms with Crippen molar-refractivity contribution in [1.82, 2.24) is 0 Å². The second-order valence-corrected chi connectivity index (χ2v) is 13.8. The number of para-hydroxylation sites is 2. The minimum Gasteiger partial charge on any atom is -0.311 e. The van der Waals surface area contributed by atoms with Crippen LogP contribution in [0.5, 0.6) is 0 Å². The monoisotopic (exact) mass is 716 g/mol. The second kappa shape index (κ2) is 15.9. The van der Waals surface area contributed by atoms with Crippen molar-refractivity contribution in [2.45, 2.75) is 0 Å². The molecule has 2 nitrogen and oxygen atoms in total. The summed E-state index contributed by atoms with van der Waals surface area (Å²) < 4.78 is 0. The molecule has 0 spiro atoms. The van der Waals surface area contributed by atoms with Gasteiger partial charge in [-0.3, -0.25) is 0 Å². The lowest BCUT2D eigenvalue weighted by Crippen LogP contribution is -2.10. The molecular weight excluding hydrogens is 677 g/mol. The Balaban J connectivity index is 1.00. The topological polar surface area (TPSA) is 6.48 Å². The number of rotatable bonds is 10. The fourth-order valence-corrected chi connectivity index (χ4v) is 7.42. The molecule has 0 N–H and O–H groups in total. The van der Waals surface area contributed by atoms with Gasteiger partial charge >= 0.3 is 0 Å². The Morgan fingerprint density at radius 1 is 0.161 bits per heavy atom. The third-order valence-electron chi connectivity index (χ3n) is 10.3. The lowest BCUT2D eigenvalue weighted by molar-refractivity contribution is 1.28. The third kappa shape index (κ3) is 7.37. The van der Waals surface area contributed by atoms with E-state index in [9.17, 15) is 0 Å². The maximum atomic E-state index is 2.35. The summed E-state index contributed by atoms with van der Waals surface area (Å²) in [6.45, 7) is 0. The van der Waals surface area contributed by atoms with E-state index in [-0.39, 0.29) is 0 Å². The molecule has 0 aromatic heterocycles. The van der Waals surface area contributed by atoms with E-state index in [0.29, 0.717) is 0 Å². The first-order valence-electron chi connectivity index (χ1n) is 19.1. The maximum Gasteiger partial charge on any atom is 0.0467 e. The van der Waals surface area contributed by atoms with Crippen molar-refractivity contribution in [3.05, 3.63) is 243 Å². The lowest BCUT2D eigenvalue weighted by Gasteiger charge is -2.27. The smallest absolute Gasteiger partial charge is 0.0467 e. The molecule has 0 saturated heterocycles. The molecule has 9 aromatic carbocycles. The first-order chi connectivity index (χ1) is 27.8. The first kappa shape index (κ1) is 34.4. The minimum atomic E-state index is 1.10. The van der Waals surface area contributed by atoms with Crippen LogP contribution >= 0.6 is 0 Å². The average Bonchev–Trinajstić information content (AvgIpc) is 3.29. The second-order valence-electron chi connectivity index (χ2n) is 13.8. The molecule has 2 heteroatoms. The predicted octanol–water partition coefficient (Wildman–Crippen LogP) is 15.3. The summed E-state index contributed by atoms with van der Waals surface area (Å²) in [5, 5.41) is 0. The summed E-state index contributed by atoms with van der Waals surface area (Å²) in [6, 6.07) is 86.5. The molecule has 9 aromatic rings. The zero-order valence-electron chi connectivity index (χ0n) is 31.0. The van der Waals surface area contributed by atoms with Gasteiger partial charge in [-0.1, -0.05) is 170 Å². The highest BCUT2D eigenvalue weighted by Crippen LogP contribution is 2.40. The summed E-state index contributed by atoms with van der Waals surface area (Å²) in [6.07, 6.45) is 0. The number of hydrogen-bond donors (Lipinski definition) is 0. The summed E-state index contributed by atoms with van der Waals surface area (Å²) in [5.74, 6) is 0. The van der Waals surface area contributed by atoms with Crippen molar-refractivity contribution < 1.29 is 0 Å². The van der Waals surface area contributed by atoms with E-state index in [2.05, 4.69) is 252 Å². The van der Waals surface area contributed by atoms with Gasteiger partial charge in [0.15, 0.2) is 0 Å². The number of nitrogens with zero attached hydrogens (tertiary/aromatic N) is 2. The summed E-state index contributed by atoms with van der Waals surface area (Å²) >= 11 is 0. The van der Waals surface area contributed by atoms with E-state index in [1.807, 2.05) is 0 Å². The molecule has 0 bridgehead atoms. The van der Waals surface area contributed by atoms with Gasteiger partial charge < -0.3 is 9.80 Å². The van der Waals surface area contributed by atoms with Gasteiger partial charge in [-0.15, -0.1) is 0 Å². The zero-order valence-corrected chi connectivity index (χ0v) is 31.0. The van der Waals surface area contributed by atoms with Crippen LogP contribution in [0.4, 0.5) is 34.1 Å². The fraction of sp³-hybridized carbons (Fsp3) is 0. The van der Waals surface area contributed by atoms with Gasteiger partial charge in [0.25, 0.3) is 0 Å². The van der Waals surface area contributed by atoms with Crippen LogP contribution in [0.3, 0.4) is 0 Å². The van der Waals surface area contributed by atoms with E-state index < -0.39 is 0 Å². The molecular formula is C54H40N2. The van der Waals surface area contributed by atoms with Gasteiger partial charge in [0.2, 0.25) is 0 Å². The van der Waals surface area contributed by atoms with Gasteiger partial charge in [-0.2, -0.15) is 0 Å². The highest BCUT2D eigenvalue weighted by molar-refractivity contribution is 5.84. The molecule has 0 fully saturated rings. The Hall–Kier alpha value is -7.42. The molecule has 0 heterocycles. The van der Waals surface area contributed by atoms with Crippen LogP contribution in [-0.4, -0.2) is 0 Å². The molecule has 0 saturated carbocycles. The lowest BCUT2D eigenvalue weighted by atomic mass is 9.99. The number of benzene rings is 9. The van der Waals surface area contributed by atoms with Gasteiger partial charge in [-0.25, -0.2) is 0 Å². The van der Waals surface area contributed by atoms with Crippen LogP contribution < -0.4 is 9.80 Å². The van der Waals surface area contributed by atoms with Crippen LogP contribution in [0.2, 0.25) is 0 Å². The van der Waals surface area contributed by atoms with E-state index in [1.165, 1.54) is 44.5 Å². The normalized spacial score (nSPS) is 10.9. The average molecular weight is 717 g/mol. The van der Waals surface area contributed by atoms with E-state index >= 15 is 0 Å².